The van der Waals surface area contributed by atoms with E-state index in [-0.39, 0.29) is 5.91 Å². The molecule has 2 aromatic rings. The molecule has 1 amide bonds. The van der Waals surface area contributed by atoms with Crippen molar-refractivity contribution in [2.24, 2.45) is 0 Å². The van der Waals surface area contributed by atoms with Crippen LogP contribution >= 0.6 is 22.6 Å². The molecule has 0 aliphatic rings. The van der Waals surface area contributed by atoms with Gasteiger partial charge in [-0.1, -0.05) is 0 Å². The molecule has 8 heteroatoms. The highest BCUT2D eigenvalue weighted by molar-refractivity contribution is 14.1. The van der Waals surface area contributed by atoms with Crippen LogP contribution in [0.15, 0.2) is 42.5 Å². The van der Waals surface area contributed by atoms with E-state index >= 15 is 0 Å². The van der Waals surface area contributed by atoms with Crippen molar-refractivity contribution in [1.29, 1.82) is 0 Å². The van der Waals surface area contributed by atoms with Gasteiger partial charge in [0, 0.05) is 14.9 Å². The fraction of sp³-hybridized carbons (Fsp3) is 0.0714. The molecule has 0 spiro atoms. The van der Waals surface area contributed by atoms with Crippen LogP contribution < -0.4 is 10.0 Å². The fourth-order valence-corrected chi connectivity index (χ4v) is 2.99. The van der Waals surface area contributed by atoms with Gasteiger partial charge in [-0.3, -0.25) is 9.52 Å². The standard InChI is InChI=1S/C14H12FIN2O3S/c1-22(20,21)18-11-5-3-10(4-6-11)17-14(19)12-7-2-9(15)8-13(12)16/h2-8,18H,1H3,(H,17,19). The third kappa shape index (κ3) is 4.67. The first-order valence-corrected chi connectivity index (χ1v) is 9.06. The van der Waals surface area contributed by atoms with E-state index in [1.54, 1.807) is 12.1 Å². The monoisotopic (exact) mass is 434 g/mol. The lowest BCUT2D eigenvalue weighted by atomic mass is 10.2. The average Bonchev–Trinajstić information content (AvgIpc) is 2.39. The Labute approximate surface area is 141 Å². The number of anilines is 2. The molecule has 0 aromatic heterocycles. The normalized spacial score (nSPS) is 11.0. The number of carbonyl (C=O) groups is 1. The molecule has 5 nitrogen and oxygen atoms in total. The Kier molecular flexibility index (Phi) is 5.01. The van der Waals surface area contributed by atoms with Gasteiger partial charge in [-0.05, 0) is 65.1 Å². The SMILES string of the molecule is CS(=O)(=O)Nc1ccc(NC(=O)c2ccc(F)cc2I)cc1. The minimum atomic E-state index is -3.34. The summed E-state index contributed by atoms with van der Waals surface area (Å²) in [5, 5.41) is 2.67. The van der Waals surface area contributed by atoms with E-state index in [0.29, 0.717) is 20.5 Å². The summed E-state index contributed by atoms with van der Waals surface area (Å²) in [5.41, 5.74) is 1.27. The summed E-state index contributed by atoms with van der Waals surface area (Å²) in [7, 11) is -3.34. The van der Waals surface area contributed by atoms with E-state index in [1.165, 1.54) is 30.3 Å². The van der Waals surface area contributed by atoms with Crippen LogP contribution in [0, 0.1) is 9.39 Å². The van der Waals surface area contributed by atoms with E-state index in [1.807, 2.05) is 22.6 Å². The van der Waals surface area contributed by atoms with Crippen LogP contribution in [0.1, 0.15) is 10.4 Å². The quantitative estimate of drug-likeness (QED) is 0.727. The molecule has 0 aliphatic carbocycles. The van der Waals surface area contributed by atoms with E-state index in [2.05, 4.69) is 10.0 Å². The number of hydrogen-bond acceptors (Lipinski definition) is 3. The molecule has 22 heavy (non-hydrogen) atoms. The van der Waals surface area contributed by atoms with Crippen molar-refractivity contribution in [3.63, 3.8) is 0 Å². The number of nitrogens with one attached hydrogen (secondary N) is 2. The molecule has 0 fully saturated rings. The molecule has 0 atom stereocenters. The van der Waals surface area contributed by atoms with Crippen LogP contribution in [0.5, 0.6) is 0 Å². The van der Waals surface area contributed by atoms with Gasteiger partial charge in [-0.2, -0.15) is 0 Å². The molecule has 0 saturated heterocycles. The Bertz CT molecular complexity index is 807. The Morgan fingerprint density at radius 2 is 1.68 bits per heavy atom. The maximum absolute atomic E-state index is 13.0. The lowest BCUT2D eigenvalue weighted by Crippen LogP contribution is -2.14. The van der Waals surface area contributed by atoms with Crippen LogP contribution in [0.4, 0.5) is 15.8 Å². The molecule has 0 aliphatic heterocycles. The molecule has 0 unspecified atom stereocenters. The summed E-state index contributed by atoms with van der Waals surface area (Å²) in [6.45, 7) is 0. The number of amides is 1. The summed E-state index contributed by atoms with van der Waals surface area (Å²) in [6, 6.07) is 10.1. The highest BCUT2D eigenvalue weighted by Crippen LogP contribution is 2.18. The second-order valence-corrected chi connectivity index (χ2v) is 7.44. The van der Waals surface area contributed by atoms with Gasteiger partial charge in [0.2, 0.25) is 10.0 Å². The van der Waals surface area contributed by atoms with Gasteiger partial charge in [-0.25, -0.2) is 12.8 Å². The van der Waals surface area contributed by atoms with Crippen molar-refractivity contribution in [2.45, 2.75) is 0 Å². The predicted molar refractivity (Wildman–Crippen MR) is 92.0 cm³/mol. The van der Waals surface area contributed by atoms with E-state index in [9.17, 15) is 17.6 Å². The number of hydrogen-bond donors (Lipinski definition) is 2. The van der Waals surface area contributed by atoms with Gasteiger partial charge in [0.05, 0.1) is 11.8 Å². The van der Waals surface area contributed by atoms with Crippen molar-refractivity contribution >= 4 is 49.9 Å². The zero-order chi connectivity index (χ0) is 16.3. The number of carbonyl (C=O) groups excluding carboxylic acids is 1. The summed E-state index contributed by atoms with van der Waals surface area (Å²) in [5.74, 6) is -0.773. The highest BCUT2D eigenvalue weighted by atomic mass is 127. The van der Waals surface area contributed by atoms with Gasteiger partial charge in [0.15, 0.2) is 0 Å². The molecule has 0 bridgehead atoms. The first-order chi connectivity index (χ1) is 10.2. The summed E-state index contributed by atoms with van der Waals surface area (Å²) < 4.78 is 38.1. The van der Waals surface area contributed by atoms with Gasteiger partial charge >= 0.3 is 0 Å². The van der Waals surface area contributed by atoms with Gasteiger partial charge in [0.1, 0.15) is 5.82 Å². The van der Waals surface area contributed by atoms with E-state index in [0.717, 1.165) is 6.26 Å². The van der Waals surface area contributed by atoms with Crippen LogP contribution in [0.25, 0.3) is 0 Å². The maximum Gasteiger partial charge on any atom is 0.256 e. The van der Waals surface area contributed by atoms with Gasteiger partial charge < -0.3 is 5.32 Å². The molecule has 0 saturated carbocycles. The molecule has 2 N–H and O–H groups in total. The van der Waals surface area contributed by atoms with Crippen LogP contribution in [0.3, 0.4) is 0 Å². The Hall–Kier alpha value is -1.68. The first kappa shape index (κ1) is 16.7. The van der Waals surface area contributed by atoms with E-state index in [4.69, 9.17) is 0 Å². The molecule has 2 aromatic carbocycles. The third-order valence-corrected chi connectivity index (χ3v) is 4.12. The van der Waals surface area contributed by atoms with Gasteiger partial charge in [0.25, 0.3) is 5.91 Å². The van der Waals surface area contributed by atoms with Gasteiger partial charge in [-0.15, -0.1) is 0 Å². The van der Waals surface area contributed by atoms with Crippen LogP contribution in [0.2, 0.25) is 0 Å². The molecule has 116 valence electrons. The van der Waals surface area contributed by atoms with Crippen molar-refractivity contribution in [3.05, 3.63) is 57.4 Å². The zero-order valence-electron chi connectivity index (χ0n) is 11.4. The minimum Gasteiger partial charge on any atom is -0.322 e. The first-order valence-electron chi connectivity index (χ1n) is 6.09. The van der Waals surface area contributed by atoms with Crippen LogP contribution in [-0.4, -0.2) is 20.6 Å². The molecule has 0 radical (unpaired) electrons. The summed E-state index contributed by atoms with van der Waals surface area (Å²) in [4.78, 5) is 12.1. The maximum atomic E-state index is 13.0. The molecule has 2 rings (SSSR count). The van der Waals surface area contributed by atoms with E-state index < -0.39 is 15.8 Å². The number of sulfonamides is 1. The highest BCUT2D eigenvalue weighted by Gasteiger charge is 2.11. The van der Waals surface area contributed by atoms with Crippen molar-refractivity contribution < 1.29 is 17.6 Å². The summed E-state index contributed by atoms with van der Waals surface area (Å²) in [6.07, 6.45) is 1.05. The summed E-state index contributed by atoms with van der Waals surface area (Å²) >= 11 is 1.89. The van der Waals surface area contributed by atoms with Crippen molar-refractivity contribution in [1.82, 2.24) is 0 Å². The second kappa shape index (κ2) is 6.61. The van der Waals surface area contributed by atoms with Crippen LogP contribution in [-0.2, 0) is 10.0 Å². The van der Waals surface area contributed by atoms with Crippen molar-refractivity contribution in [3.8, 4) is 0 Å². The second-order valence-electron chi connectivity index (χ2n) is 4.53. The number of benzene rings is 2. The lowest BCUT2D eigenvalue weighted by molar-refractivity contribution is 0.102. The molecular formula is C14H12FIN2O3S. The third-order valence-electron chi connectivity index (χ3n) is 2.62. The topological polar surface area (TPSA) is 75.3 Å². The predicted octanol–water partition coefficient (Wildman–Crippen LogP) is 3.05. The molecule has 0 heterocycles. The largest absolute Gasteiger partial charge is 0.322 e. The molecular weight excluding hydrogens is 422 g/mol. The number of rotatable bonds is 4. The minimum absolute atomic E-state index is 0.361. The zero-order valence-corrected chi connectivity index (χ0v) is 14.4. The lowest BCUT2D eigenvalue weighted by Gasteiger charge is -2.08. The Balaban J connectivity index is 2.12. The Morgan fingerprint density at radius 1 is 1.09 bits per heavy atom. The average molecular weight is 434 g/mol. The Morgan fingerprint density at radius 3 is 2.23 bits per heavy atom. The fourth-order valence-electron chi connectivity index (χ4n) is 1.71. The number of halogens is 2. The smallest absolute Gasteiger partial charge is 0.256 e. The van der Waals surface area contributed by atoms with Crippen molar-refractivity contribution in [2.75, 3.05) is 16.3 Å².